The fraction of sp³-hybridized carbons (Fsp3) is 0.318. The van der Waals surface area contributed by atoms with E-state index in [-0.39, 0.29) is 0 Å². The molecule has 3 heteroatoms. The maximum atomic E-state index is 5.77. The molecule has 0 radical (unpaired) electrons. The van der Waals surface area contributed by atoms with Crippen LogP contribution >= 0.6 is 0 Å². The van der Waals surface area contributed by atoms with E-state index in [1.807, 2.05) is 26.0 Å². The van der Waals surface area contributed by atoms with Gasteiger partial charge in [0.2, 0.25) is 0 Å². The molecule has 0 bridgehead atoms. The van der Waals surface area contributed by atoms with Crippen molar-refractivity contribution in [3.63, 3.8) is 0 Å². The van der Waals surface area contributed by atoms with Gasteiger partial charge in [0.25, 0.3) is 0 Å². The molecule has 0 amide bonds. The second kappa shape index (κ2) is 9.07. The van der Waals surface area contributed by atoms with Crippen molar-refractivity contribution >= 4 is 5.71 Å². The molecule has 0 aliphatic heterocycles. The average Bonchev–Trinajstić information content (AvgIpc) is 2.59. The van der Waals surface area contributed by atoms with Crippen LogP contribution in [0.15, 0.2) is 53.7 Å². The van der Waals surface area contributed by atoms with Gasteiger partial charge in [-0.1, -0.05) is 35.5 Å². The van der Waals surface area contributed by atoms with Gasteiger partial charge in [-0.2, -0.15) is 0 Å². The quantitative estimate of drug-likeness (QED) is 0.394. The first-order valence-electron chi connectivity index (χ1n) is 8.56. The molecule has 0 saturated carbocycles. The number of rotatable bonds is 7. The Morgan fingerprint density at radius 2 is 1.84 bits per heavy atom. The van der Waals surface area contributed by atoms with Crippen LogP contribution in [0.4, 0.5) is 0 Å². The first-order chi connectivity index (χ1) is 12.0. The van der Waals surface area contributed by atoms with Gasteiger partial charge in [-0.3, -0.25) is 0 Å². The molecule has 0 fully saturated rings. The molecule has 2 rings (SSSR count). The van der Waals surface area contributed by atoms with E-state index in [0.29, 0.717) is 6.61 Å². The Kier molecular flexibility index (Phi) is 6.81. The van der Waals surface area contributed by atoms with Gasteiger partial charge in [0, 0.05) is 0 Å². The zero-order valence-electron chi connectivity index (χ0n) is 15.8. The van der Waals surface area contributed by atoms with Crippen LogP contribution in [0.5, 0.6) is 5.75 Å². The topological polar surface area (TPSA) is 30.8 Å². The molecule has 0 aliphatic rings. The molecule has 0 unspecified atom stereocenters. The summed E-state index contributed by atoms with van der Waals surface area (Å²) in [6.45, 7) is 8.85. The Morgan fingerprint density at radius 1 is 1.12 bits per heavy atom. The van der Waals surface area contributed by atoms with Crippen LogP contribution < -0.4 is 4.74 Å². The van der Waals surface area contributed by atoms with Crippen molar-refractivity contribution in [1.82, 2.24) is 0 Å². The van der Waals surface area contributed by atoms with Crippen LogP contribution in [0.25, 0.3) is 0 Å². The fourth-order valence-corrected chi connectivity index (χ4v) is 2.86. The fourth-order valence-electron chi connectivity index (χ4n) is 2.86. The minimum Gasteiger partial charge on any atom is -0.490 e. The van der Waals surface area contributed by atoms with Crippen LogP contribution in [-0.4, -0.2) is 19.4 Å². The van der Waals surface area contributed by atoms with Crippen molar-refractivity contribution in [2.45, 2.75) is 34.1 Å². The Bertz CT molecular complexity index is 752. The van der Waals surface area contributed by atoms with Gasteiger partial charge in [0.05, 0.1) is 5.71 Å². The van der Waals surface area contributed by atoms with E-state index in [1.54, 1.807) is 7.11 Å². The Morgan fingerprint density at radius 3 is 2.48 bits per heavy atom. The summed E-state index contributed by atoms with van der Waals surface area (Å²) in [5.41, 5.74) is 7.08. The lowest BCUT2D eigenvalue weighted by Gasteiger charge is -2.14. The first-order valence-corrected chi connectivity index (χ1v) is 8.56. The molecular formula is C22H27NO2. The van der Waals surface area contributed by atoms with E-state index in [0.717, 1.165) is 23.4 Å². The summed E-state index contributed by atoms with van der Waals surface area (Å²) in [6.07, 6.45) is 4.89. The number of benzene rings is 2. The summed E-state index contributed by atoms with van der Waals surface area (Å²) in [6, 6.07) is 12.7. The zero-order valence-corrected chi connectivity index (χ0v) is 15.8. The lowest BCUT2D eigenvalue weighted by Crippen LogP contribution is -2.01. The number of allylic oxidation sites excluding steroid dienone is 1. The predicted octanol–water partition coefficient (Wildman–Crippen LogP) is 5.22. The van der Waals surface area contributed by atoms with Crippen LogP contribution in [0.1, 0.15) is 41.7 Å². The Balaban J connectivity index is 2.23. The molecule has 0 N–H and O–H groups in total. The normalized spacial score (nSPS) is 11.8. The number of oxime groups is 1. The van der Waals surface area contributed by atoms with Gasteiger partial charge in [0.1, 0.15) is 19.5 Å². The third-order valence-electron chi connectivity index (χ3n) is 4.21. The number of nitrogens with zero attached hydrogens (tertiary/aromatic N) is 1. The van der Waals surface area contributed by atoms with Crippen molar-refractivity contribution in [3.05, 3.63) is 76.4 Å². The van der Waals surface area contributed by atoms with Crippen LogP contribution in [-0.2, 0) is 11.3 Å². The first kappa shape index (κ1) is 18.8. The SMILES string of the molecule is C/C=C/COc1cc(C)c(Cc2cccc(C(C)=NOC)c2)c(C)c1. The highest BCUT2D eigenvalue weighted by Gasteiger charge is 2.08. The molecule has 3 nitrogen and oxygen atoms in total. The predicted molar refractivity (Wildman–Crippen MR) is 105 cm³/mol. The molecule has 0 heterocycles. The van der Waals surface area contributed by atoms with E-state index in [2.05, 4.69) is 55.4 Å². The number of hydrogen-bond donors (Lipinski definition) is 0. The highest BCUT2D eigenvalue weighted by molar-refractivity contribution is 5.98. The molecule has 0 aromatic heterocycles. The highest BCUT2D eigenvalue weighted by atomic mass is 16.6. The van der Waals surface area contributed by atoms with E-state index in [4.69, 9.17) is 9.57 Å². The third-order valence-corrected chi connectivity index (χ3v) is 4.21. The molecule has 0 aliphatic carbocycles. The minimum absolute atomic E-state index is 0.606. The standard InChI is InChI=1S/C22H27NO2/c1-6-7-11-25-21-12-16(2)22(17(3)13-21)15-19-9-8-10-20(14-19)18(4)23-24-5/h6-10,12-14H,11,15H2,1-5H3/b7-6+,23-18?. The van der Waals surface area contributed by atoms with Crippen molar-refractivity contribution in [2.24, 2.45) is 5.16 Å². The third kappa shape index (κ3) is 5.21. The minimum atomic E-state index is 0.606. The second-order valence-electron chi connectivity index (χ2n) is 6.15. The summed E-state index contributed by atoms with van der Waals surface area (Å²) < 4.78 is 5.77. The summed E-state index contributed by atoms with van der Waals surface area (Å²) in [5, 5.41) is 4.02. The molecule has 2 aromatic rings. The van der Waals surface area contributed by atoms with Crippen molar-refractivity contribution in [3.8, 4) is 5.75 Å². The molecule has 0 saturated heterocycles. The van der Waals surface area contributed by atoms with E-state index in [1.165, 1.54) is 22.3 Å². The molecule has 2 aromatic carbocycles. The number of hydrogen-bond acceptors (Lipinski definition) is 3. The molecule has 0 spiro atoms. The van der Waals surface area contributed by atoms with Crippen LogP contribution in [0.2, 0.25) is 0 Å². The molecule has 25 heavy (non-hydrogen) atoms. The van der Waals surface area contributed by atoms with E-state index in [9.17, 15) is 0 Å². The second-order valence-corrected chi connectivity index (χ2v) is 6.15. The van der Waals surface area contributed by atoms with Gasteiger partial charge < -0.3 is 9.57 Å². The molecule has 132 valence electrons. The van der Waals surface area contributed by atoms with Gasteiger partial charge in [-0.05, 0) is 80.1 Å². The highest BCUT2D eigenvalue weighted by Crippen LogP contribution is 2.25. The van der Waals surface area contributed by atoms with E-state index >= 15 is 0 Å². The van der Waals surface area contributed by atoms with Gasteiger partial charge in [0.15, 0.2) is 0 Å². The monoisotopic (exact) mass is 337 g/mol. The lowest BCUT2D eigenvalue weighted by atomic mass is 9.94. The zero-order chi connectivity index (χ0) is 18.2. The largest absolute Gasteiger partial charge is 0.490 e. The molecule has 0 atom stereocenters. The van der Waals surface area contributed by atoms with Gasteiger partial charge >= 0.3 is 0 Å². The average molecular weight is 337 g/mol. The Labute approximate surface area is 151 Å². The van der Waals surface area contributed by atoms with Crippen LogP contribution in [0, 0.1) is 13.8 Å². The summed E-state index contributed by atoms with van der Waals surface area (Å²) in [4.78, 5) is 4.88. The van der Waals surface area contributed by atoms with Crippen molar-refractivity contribution < 1.29 is 9.57 Å². The Hall–Kier alpha value is -2.55. The van der Waals surface area contributed by atoms with Crippen molar-refractivity contribution in [1.29, 1.82) is 0 Å². The van der Waals surface area contributed by atoms with E-state index < -0.39 is 0 Å². The lowest BCUT2D eigenvalue weighted by molar-refractivity contribution is 0.213. The smallest absolute Gasteiger partial charge is 0.120 e. The summed E-state index contributed by atoms with van der Waals surface area (Å²) >= 11 is 0. The van der Waals surface area contributed by atoms with Gasteiger partial charge in [-0.25, -0.2) is 0 Å². The van der Waals surface area contributed by atoms with Crippen molar-refractivity contribution in [2.75, 3.05) is 13.7 Å². The number of ether oxygens (including phenoxy) is 1. The maximum Gasteiger partial charge on any atom is 0.120 e. The van der Waals surface area contributed by atoms with Crippen LogP contribution in [0.3, 0.4) is 0 Å². The number of aryl methyl sites for hydroxylation is 2. The summed E-state index contributed by atoms with van der Waals surface area (Å²) in [7, 11) is 1.57. The maximum absolute atomic E-state index is 5.77. The summed E-state index contributed by atoms with van der Waals surface area (Å²) in [5.74, 6) is 0.925. The van der Waals surface area contributed by atoms with Gasteiger partial charge in [-0.15, -0.1) is 0 Å². The molecular weight excluding hydrogens is 310 g/mol.